The largest absolute Gasteiger partial charge is 0.496 e. The van der Waals surface area contributed by atoms with Crippen LogP contribution in [0.2, 0.25) is 0 Å². The second-order valence-electron chi connectivity index (χ2n) is 6.99. The molecule has 0 N–H and O–H groups in total. The van der Waals surface area contributed by atoms with Crippen molar-refractivity contribution >= 4 is 0 Å². The Bertz CT molecular complexity index is 782. The quantitative estimate of drug-likeness (QED) is 0.718. The molecule has 2 aromatic rings. The van der Waals surface area contributed by atoms with Crippen LogP contribution in [0.4, 0.5) is 0 Å². The van der Waals surface area contributed by atoms with Gasteiger partial charge in [-0.1, -0.05) is 25.3 Å². The second-order valence-corrected chi connectivity index (χ2v) is 6.99. The molecule has 0 radical (unpaired) electrons. The van der Waals surface area contributed by atoms with Crippen LogP contribution in [0.5, 0.6) is 23.0 Å². The van der Waals surface area contributed by atoms with Gasteiger partial charge in [0.2, 0.25) is 5.75 Å². The molecule has 3 rings (SSSR count). The molecule has 4 nitrogen and oxygen atoms in total. The van der Waals surface area contributed by atoms with Crippen molar-refractivity contribution in [2.45, 2.75) is 44.9 Å². The summed E-state index contributed by atoms with van der Waals surface area (Å²) in [5.74, 6) is 2.94. The molecule has 4 bridgehead atoms. The van der Waals surface area contributed by atoms with Crippen molar-refractivity contribution in [2.75, 3.05) is 28.4 Å². The average molecular weight is 370 g/mol. The Kier molecular flexibility index (Phi) is 6.49. The highest BCUT2D eigenvalue weighted by molar-refractivity contribution is 5.82. The van der Waals surface area contributed by atoms with Crippen molar-refractivity contribution < 1.29 is 18.9 Å². The molecule has 1 aliphatic rings. The maximum Gasteiger partial charge on any atom is 0.204 e. The van der Waals surface area contributed by atoms with Crippen molar-refractivity contribution in [3.63, 3.8) is 0 Å². The summed E-state index contributed by atoms with van der Waals surface area (Å²) in [5, 5.41) is 0. The highest BCUT2D eigenvalue weighted by atomic mass is 16.5. The van der Waals surface area contributed by atoms with E-state index in [0.717, 1.165) is 47.5 Å². The van der Waals surface area contributed by atoms with Gasteiger partial charge in [-0.3, -0.25) is 0 Å². The summed E-state index contributed by atoms with van der Waals surface area (Å²) < 4.78 is 22.9. The molecular weight excluding hydrogens is 340 g/mol. The summed E-state index contributed by atoms with van der Waals surface area (Å²) in [6.45, 7) is 0. The van der Waals surface area contributed by atoms with Crippen molar-refractivity contribution in [3.8, 4) is 34.1 Å². The lowest BCUT2D eigenvalue weighted by atomic mass is 9.95. The minimum atomic E-state index is 0.648. The van der Waals surface area contributed by atoms with E-state index < -0.39 is 0 Å². The number of hydrogen-bond donors (Lipinski definition) is 0. The van der Waals surface area contributed by atoms with Crippen LogP contribution in [0, 0.1) is 0 Å². The van der Waals surface area contributed by atoms with Gasteiger partial charge >= 0.3 is 0 Å². The van der Waals surface area contributed by atoms with Crippen LogP contribution in [-0.4, -0.2) is 28.4 Å². The third kappa shape index (κ3) is 4.00. The van der Waals surface area contributed by atoms with E-state index in [4.69, 9.17) is 18.9 Å². The first kappa shape index (κ1) is 19.4. The molecule has 0 fully saturated rings. The number of methoxy groups -OCH3 is 4. The number of rotatable bonds is 4. The lowest BCUT2D eigenvalue weighted by Gasteiger charge is -2.21. The molecule has 0 spiro atoms. The first-order valence-corrected chi connectivity index (χ1v) is 9.72. The molecule has 0 saturated carbocycles. The summed E-state index contributed by atoms with van der Waals surface area (Å²) in [6, 6.07) is 8.63. The normalized spacial score (nSPS) is 14.4. The van der Waals surface area contributed by atoms with Crippen LogP contribution in [-0.2, 0) is 12.8 Å². The highest BCUT2D eigenvalue weighted by Crippen LogP contribution is 2.49. The molecule has 4 heteroatoms. The topological polar surface area (TPSA) is 36.9 Å². The maximum atomic E-state index is 5.77. The second kappa shape index (κ2) is 9.03. The Labute approximate surface area is 162 Å². The predicted molar refractivity (Wildman–Crippen MR) is 109 cm³/mol. The molecule has 0 amide bonds. The number of fused-ring (bicyclic) bond motifs is 5. The summed E-state index contributed by atoms with van der Waals surface area (Å²) in [7, 11) is 6.73. The molecule has 0 aromatic heterocycles. The van der Waals surface area contributed by atoms with E-state index in [2.05, 4.69) is 24.3 Å². The molecule has 0 saturated heterocycles. The Balaban J connectivity index is 2.28. The Hall–Kier alpha value is -2.36. The fraction of sp³-hybridized carbons (Fsp3) is 0.478. The SMILES string of the molecule is COc1ccc2cc1-c1cc(c(OC)c(OC)c1OC)CCCCCCC2. The lowest BCUT2D eigenvalue weighted by Crippen LogP contribution is -2.02. The maximum absolute atomic E-state index is 5.77. The molecular formula is C23H30O4. The van der Waals surface area contributed by atoms with E-state index in [9.17, 15) is 0 Å². The van der Waals surface area contributed by atoms with Crippen molar-refractivity contribution in [2.24, 2.45) is 0 Å². The van der Waals surface area contributed by atoms with Crippen molar-refractivity contribution in [1.82, 2.24) is 0 Å². The van der Waals surface area contributed by atoms with E-state index in [-0.39, 0.29) is 0 Å². The summed E-state index contributed by atoms with van der Waals surface area (Å²) >= 11 is 0. The van der Waals surface area contributed by atoms with Crippen LogP contribution < -0.4 is 18.9 Å². The van der Waals surface area contributed by atoms with Gasteiger partial charge in [0, 0.05) is 11.1 Å². The minimum absolute atomic E-state index is 0.648. The molecule has 0 heterocycles. The zero-order valence-electron chi connectivity index (χ0n) is 16.9. The third-order valence-corrected chi connectivity index (χ3v) is 5.35. The van der Waals surface area contributed by atoms with Crippen LogP contribution in [0.1, 0.15) is 43.2 Å². The van der Waals surface area contributed by atoms with Gasteiger partial charge in [0.15, 0.2) is 11.5 Å². The van der Waals surface area contributed by atoms with Crippen LogP contribution in [0.25, 0.3) is 11.1 Å². The van der Waals surface area contributed by atoms with Gasteiger partial charge in [0.1, 0.15) is 5.75 Å². The third-order valence-electron chi connectivity index (χ3n) is 5.35. The van der Waals surface area contributed by atoms with Gasteiger partial charge in [-0.2, -0.15) is 0 Å². The summed E-state index contributed by atoms with van der Waals surface area (Å²) in [6.07, 6.45) is 8.16. The molecule has 0 unspecified atom stereocenters. The smallest absolute Gasteiger partial charge is 0.204 e. The number of aryl methyl sites for hydroxylation is 2. The van der Waals surface area contributed by atoms with Gasteiger partial charge in [-0.15, -0.1) is 0 Å². The van der Waals surface area contributed by atoms with E-state index >= 15 is 0 Å². The van der Waals surface area contributed by atoms with E-state index in [1.165, 1.54) is 31.2 Å². The molecule has 1 aliphatic carbocycles. The molecule has 2 aromatic carbocycles. The summed E-state index contributed by atoms with van der Waals surface area (Å²) in [5.41, 5.74) is 4.50. The van der Waals surface area contributed by atoms with Gasteiger partial charge < -0.3 is 18.9 Å². The van der Waals surface area contributed by atoms with Crippen LogP contribution in [0.15, 0.2) is 24.3 Å². The standard InChI is InChI=1S/C23H30O4/c1-24-20-13-12-16-10-8-6-5-7-9-11-17-15-19(18(20)14-16)22(26-3)23(27-4)21(17)25-2/h12-15H,5-11H2,1-4H3. The minimum Gasteiger partial charge on any atom is -0.496 e. The fourth-order valence-electron chi connectivity index (χ4n) is 3.97. The average Bonchev–Trinajstić information content (AvgIpc) is 2.71. The van der Waals surface area contributed by atoms with Gasteiger partial charge in [0.05, 0.1) is 28.4 Å². The molecule has 0 atom stereocenters. The monoisotopic (exact) mass is 370 g/mol. The van der Waals surface area contributed by atoms with Gasteiger partial charge in [-0.25, -0.2) is 0 Å². The Morgan fingerprint density at radius 1 is 0.593 bits per heavy atom. The van der Waals surface area contributed by atoms with Crippen LogP contribution >= 0.6 is 0 Å². The van der Waals surface area contributed by atoms with Crippen LogP contribution in [0.3, 0.4) is 0 Å². The van der Waals surface area contributed by atoms with E-state index in [1.54, 1.807) is 28.4 Å². The van der Waals surface area contributed by atoms with Gasteiger partial charge in [-0.05, 0) is 55.0 Å². The lowest BCUT2D eigenvalue weighted by molar-refractivity contribution is 0.322. The number of ether oxygens (including phenoxy) is 4. The molecule has 27 heavy (non-hydrogen) atoms. The Morgan fingerprint density at radius 2 is 1.26 bits per heavy atom. The molecule has 0 aliphatic heterocycles. The zero-order valence-corrected chi connectivity index (χ0v) is 16.9. The number of hydrogen-bond acceptors (Lipinski definition) is 4. The van der Waals surface area contributed by atoms with E-state index in [1.807, 2.05) is 0 Å². The fourth-order valence-corrected chi connectivity index (χ4v) is 3.97. The molecule has 146 valence electrons. The van der Waals surface area contributed by atoms with Gasteiger partial charge in [0.25, 0.3) is 0 Å². The van der Waals surface area contributed by atoms with E-state index in [0.29, 0.717) is 11.5 Å². The predicted octanol–water partition coefficient (Wildman–Crippen LogP) is 5.44. The summed E-state index contributed by atoms with van der Waals surface area (Å²) in [4.78, 5) is 0. The number of benzene rings is 2. The highest BCUT2D eigenvalue weighted by Gasteiger charge is 2.23. The Morgan fingerprint density at radius 3 is 1.93 bits per heavy atom. The van der Waals surface area contributed by atoms with Crippen molar-refractivity contribution in [1.29, 1.82) is 0 Å². The zero-order chi connectivity index (χ0) is 19.2. The first-order chi connectivity index (χ1) is 13.2. The van der Waals surface area contributed by atoms with Crippen molar-refractivity contribution in [3.05, 3.63) is 35.4 Å². The first-order valence-electron chi connectivity index (χ1n) is 9.72.